The summed E-state index contributed by atoms with van der Waals surface area (Å²) >= 11 is 3.43. The summed E-state index contributed by atoms with van der Waals surface area (Å²) in [5.74, 6) is 0. The second kappa shape index (κ2) is 5.94. The number of nitrogens with zero attached hydrogens (tertiary/aromatic N) is 5. The van der Waals surface area contributed by atoms with Crippen molar-refractivity contribution in [3.8, 4) is 5.69 Å². The van der Waals surface area contributed by atoms with E-state index in [-0.39, 0.29) is 0 Å². The van der Waals surface area contributed by atoms with E-state index >= 15 is 0 Å². The minimum atomic E-state index is 0.820. The third-order valence-electron chi connectivity index (χ3n) is 4.36. The van der Waals surface area contributed by atoms with Crippen LogP contribution in [-0.2, 0) is 0 Å². The first-order chi connectivity index (χ1) is 11.2. The summed E-state index contributed by atoms with van der Waals surface area (Å²) in [6, 6.07) is 12.5. The van der Waals surface area contributed by atoms with Crippen LogP contribution in [0.25, 0.3) is 16.9 Å². The standard InChI is InChI=1S/C17H18BrN5/c1-21-8-10-22(11-9-21)13-2-4-14(5-3-13)23-12-19-15-6-7-16(18)20-17(15)23/h2-7,12H,8-11H2,1H3. The van der Waals surface area contributed by atoms with E-state index in [0.717, 1.165) is 47.6 Å². The lowest BCUT2D eigenvalue weighted by Crippen LogP contribution is -2.44. The number of pyridine rings is 1. The second-order valence-electron chi connectivity index (χ2n) is 5.90. The van der Waals surface area contributed by atoms with Gasteiger partial charge in [-0.3, -0.25) is 4.57 Å². The molecule has 1 aliphatic rings. The Morgan fingerprint density at radius 3 is 2.35 bits per heavy atom. The highest BCUT2D eigenvalue weighted by Gasteiger charge is 2.14. The highest BCUT2D eigenvalue weighted by Crippen LogP contribution is 2.22. The SMILES string of the molecule is CN1CCN(c2ccc(-n3cnc4ccc(Br)nc43)cc2)CC1. The van der Waals surface area contributed by atoms with E-state index in [1.807, 2.05) is 23.0 Å². The number of aromatic nitrogens is 3. The van der Waals surface area contributed by atoms with Crippen LogP contribution >= 0.6 is 15.9 Å². The van der Waals surface area contributed by atoms with E-state index in [9.17, 15) is 0 Å². The van der Waals surface area contributed by atoms with Crippen LogP contribution < -0.4 is 4.90 Å². The molecule has 4 rings (SSSR count). The molecule has 118 valence electrons. The van der Waals surface area contributed by atoms with Gasteiger partial charge in [0.25, 0.3) is 0 Å². The van der Waals surface area contributed by atoms with Gasteiger partial charge in [0.1, 0.15) is 16.4 Å². The Hall–Kier alpha value is -1.92. The minimum Gasteiger partial charge on any atom is -0.369 e. The molecule has 0 saturated carbocycles. The average molecular weight is 372 g/mol. The molecule has 0 spiro atoms. The molecule has 3 aromatic rings. The molecule has 2 aromatic heterocycles. The lowest BCUT2D eigenvalue weighted by atomic mass is 10.2. The van der Waals surface area contributed by atoms with E-state index in [0.29, 0.717) is 0 Å². The molecular weight excluding hydrogens is 354 g/mol. The van der Waals surface area contributed by atoms with E-state index in [1.165, 1.54) is 5.69 Å². The molecule has 3 heterocycles. The van der Waals surface area contributed by atoms with Crippen LogP contribution in [0, 0.1) is 0 Å². The largest absolute Gasteiger partial charge is 0.369 e. The highest BCUT2D eigenvalue weighted by atomic mass is 79.9. The molecule has 1 aliphatic heterocycles. The molecule has 0 unspecified atom stereocenters. The first-order valence-electron chi connectivity index (χ1n) is 7.74. The number of hydrogen-bond acceptors (Lipinski definition) is 4. The molecule has 0 bridgehead atoms. The molecule has 0 N–H and O–H groups in total. The molecule has 23 heavy (non-hydrogen) atoms. The van der Waals surface area contributed by atoms with Gasteiger partial charge < -0.3 is 9.80 Å². The van der Waals surface area contributed by atoms with Gasteiger partial charge >= 0.3 is 0 Å². The number of imidazole rings is 1. The predicted octanol–water partition coefficient (Wildman–Crippen LogP) is 2.93. The van der Waals surface area contributed by atoms with Crippen molar-refractivity contribution in [1.82, 2.24) is 19.4 Å². The van der Waals surface area contributed by atoms with Crippen LogP contribution in [0.2, 0.25) is 0 Å². The summed E-state index contributed by atoms with van der Waals surface area (Å²) in [7, 11) is 2.18. The van der Waals surface area contributed by atoms with Gasteiger partial charge in [-0.05, 0) is 59.4 Å². The lowest BCUT2D eigenvalue weighted by Gasteiger charge is -2.34. The van der Waals surface area contributed by atoms with Gasteiger partial charge in [-0.25, -0.2) is 9.97 Å². The van der Waals surface area contributed by atoms with Gasteiger partial charge in [-0.1, -0.05) is 0 Å². The van der Waals surface area contributed by atoms with Crippen LogP contribution in [0.5, 0.6) is 0 Å². The molecule has 1 aromatic carbocycles. The van der Waals surface area contributed by atoms with Gasteiger partial charge in [0.15, 0.2) is 5.65 Å². The van der Waals surface area contributed by atoms with Crippen molar-refractivity contribution in [3.05, 3.63) is 47.3 Å². The number of benzene rings is 1. The summed E-state index contributed by atoms with van der Waals surface area (Å²) in [6.45, 7) is 4.40. The van der Waals surface area contributed by atoms with E-state index in [2.05, 4.69) is 67.0 Å². The zero-order chi connectivity index (χ0) is 15.8. The number of anilines is 1. The Morgan fingerprint density at radius 1 is 0.913 bits per heavy atom. The Bertz CT molecular complexity index is 819. The number of hydrogen-bond donors (Lipinski definition) is 0. The summed E-state index contributed by atoms with van der Waals surface area (Å²) in [5.41, 5.74) is 4.12. The minimum absolute atomic E-state index is 0.820. The average Bonchev–Trinajstić information content (AvgIpc) is 2.99. The first kappa shape index (κ1) is 14.7. The summed E-state index contributed by atoms with van der Waals surface area (Å²) in [5, 5.41) is 0. The van der Waals surface area contributed by atoms with Gasteiger partial charge in [0, 0.05) is 37.6 Å². The maximum absolute atomic E-state index is 4.53. The van der Waals surface area contributed by atoms with Crippen LogP contribution in [0.15, 0.2) is 47.3 Å². The molecule has 1 saturated heterocycles. The van der Waals surface area contributed by atoms with Gasteiger partial charge in [-0.2, -0.15) is 0 Å². The summed E-state index contributed by atoms with van der Waals surface area (Å²) in [6.07, 6.45) is 1.83. The Balaban J connectivity index is 1.63. The van der Waals surface area contributed by atoms with Crippen molar-refractivity contribution < 1.29 is 0 Å². The monoisotopic (exact) mass is 371 g/mol. The smallest absolute Gasteiger partial charge is 0.165 e. The lowest BCUT2D eigenvalue weighted by molar-refractivity contribution is 0.313. The van der Waals surface area contributed by atoms with E-state index < -0.39 is 0 Å². The molecule has 0 aliphatic carbocycles. The third kappa shape index (κ3) is 2.84. The zero-order valence-electron chi connectivity index (χ0n) is 13.0. The maximum Gasteiger partial charge on any atom is 0.165 e. The van der Waals surface area contributed by atoms with Crippen LogP contribution in [-0.4, -0.2) is 52.7 Å². The predicted molar refractivity (Wildman–Crippen MR) is 96.3 cm³/mol. The maximum atomic E-state index is 4.53. The van der Waals surface area contributed by atoms with Crippen LogP contribution in [0.3, 0.4) is 0 Å². The Labute approximate surface area is 143 Å². The molecule has 0 radical (unpaired) electrons. The number of halogens is 1. The molecule has 5 nitrogen and oxygen atoms in total. The highest BCUT2D eigenvalue weighted by molar-refractivity contribution is 9.10. The molecule has 1 fully saturated rings. The van der Waals surface area contributed by atoms with Crippen LogP contribution in [0.4, 0.5) is 5.69 Å². The van der Waals surface area contributed by atoms with Gasteiger partial charge in [0.05, 0.1) is 0 Å². The van der Waals surface area contributed by atoms with Gasteiger partial charge in [0.2, 0.25) is 0 Å². The molecule has 6 heteroatoms. The van der Waals surface area contributed by atoms with Crippen molar-refractivity contribution >= 4 is 32.8 Å². The van der Waals surface area contributed by atoms with Crippen LogP contribution in [0.1, 0.15) is 0 Å². The fourth-order valence-electron chi connectivity index (χ4n) is 2.95. The van der Waals surface area contributed by atoms with Crippen molar-refractivity contribution in [2.45, 2.75) is 0 Å². The quantitative estimate of drug-likeness (QED) is 0.649. The van der Waals surface area contributed by atoms with Crippen molar-refractivity contribution in [1.29, 1.82) is 0 Å². The third-order valence-corrected chi connectivity index (χ3v) is 4.80. The molecule has 0 amide bonds. The summed E-state index contributed by atoms with van der Waals surface area (Å²) in [4.78, 5) is 13.8. The van der Waals surface area contributed by atoms with Crippen molar-refractivity contribution in [3.63, 3.8) is 0 Å². The van der Waals surface area contributed by atoms with Crippen molar-refractivity contribution in [2.75, 3.05) is 38.1 Å². The number of piperazine rings is 1. The number of rotatable bonds is 2. The zero-order valence-corrected chi connectivity index (χ0v) is 14.6. The fourth-order valence-corrected chi connectivity index (χ4v) is 3.25. The molecule has 0 atom stereocenters. The first-order valence-corrected chi connectivity index (χ1v) is 8.53. The van der Waals surface area contributed by atoms with Gasteiger partial charge in [-0.15, -0.1) is 0 Å². The van der Waals surface area contributed by atoms with E-state index in [4.69, 9.17) is 0 Å². The van der Waals surface area contributed by atoms with E-state index in [1.54, 1.807) is 0 Å². The molecular formula is C17H18BrN5. The fraction of sp³-hybridized carbons (Fsp3) is 0.294. The topological polar surface area (TPSA) is 37.2 Å². The summed E-state index contributed by atoms with van der Waals surface area (Å²) < 4.78 is 2.84. The Kier molecular flexibility index (Phi) is 3.79. The Morgan fingerprint density at radius 2 is 1.61 bits per heavy atom. The number of likely N-dealkylation sites (N-methyl/N-ethyl adjacent to an activating group) is 1. The van der Waals surface area contributed by atoms with Crippen molar-refractivity contribution in [2.24, 2.45) is 0 Å². The number of fused-ring (bicyclic) bond motifs is 1. The second-order valence-corrected chi connectivity index (χ2v) is 6.71. The normalized spacial score (nSPS) is 16.2.